The van der Waals surface area contributed by atoms with E-state index in [1.165, 1.54) is 5.56 Å². The molecule has 0 unspecified atom stereocenters. The van der Waals surface area contributed by atoms with E-state index in [1.54, 1.807) is 0 Å². The van der Waals surface area contributed by atoms with Crippen LogP contribution in [-0.2, 0) is 6.42 Å². The summed E-state index contributed by atoms with van der Waals surface area (Å²) in [5, 5.41) is 3.57. The summed E-state index contributed by atoms with van der Waals surface area (Å²) in [6, 6.07) is 16.3. The molecular weight excluding hydrogens is 222 g/mol. The van der Waals surface area contributed by atoms with Gasteiger partial charge in [0.2, 0.25) is 0 Å². The predicted octanol–water partition coefficient (Wildman–Crippen LogP) is 2.50. The van der Waals surface area contributed by atoms with E-state index in [0.29, 0.717) is 5.84 Å². The first-order valence-electron chi connectivity index (χ1n) is 5.98. The van der Waals surface area contributed by atoms with E-state index in [4.69, 9.17) is 11.6 Å². The van der Waals surface area contributed by atoms with Crippen LogP contribution < -0.4 is 11.6 Å². The third-order valence-corrected chi connectivity index (χ3v) is 3.02. The maximum absolute atomic E-state index is 5.81. The molecule has 0 aromatic heterocycles. The number of benzene rings is 2. The molecule has 0 aliphatic rings. The molecule has 0 saturated heterocycles. The van der Waals surface area contributed by atoms with Gasteiger partial charge in [0.25, 0.3) is 0 Å². The Hall–Kier alpha value is -2.29. The van der Waals surface area contributed by atoms with Crippen molar-refractivity contribution in [2.24, 2.45) is 16.7 Å². The van der Waals surface area contributed by atoms with Crippen LogP contribution in [0.5, 0.6) is 0 Å². The van der Waals surface area contributed by atoms with E-state index in [9.17, 15) is 0 Å². The van der Waals surface area contributed by atoms with Crippen molar-refractivity contribution in [2.45, 2.75) is 13.3 Å². The van der Waals surface area contributed by atoms with Crippen LogP contribution in [0.25, 0.3) is 11.1 Å². The number of nitrogens with two attached hydrogens (primary N) is 2. The molecule has 3 nitrogen and oxygen atoms in total. The van der Waals surface area contributed by atoms with Gasteiger partial charge in [0.05, 0.1) is 0 Å². The van der Waals surface area contributed by atoms with Crippen LogP contribution in [0, 0.1) is 0 Å². The molecule has 0 bridgehead atoms. The zero-order valence-corrected chi connectivity index (χ0v) is 10.4. The standard InChI is InChI=1S/C15H17N3/c1-2-11-7-9-12(10-8-11)13-5-3-4-6-14(13)15(16)18-17/h3-10H,2,17H2,1H3,(H2,16,18). The van der Waals surface area contributed by atoms with Crippen LogP contribution in [0.2, 0.25) is 0 Å². The zero-order chi connectivity index (χ0) is 13.0. The summed E-state index contributed by atoms with van der Waals surface area (Å²) in [4.78, 5) is 0. The molecule has 0 saturated carbocycles. The fraction of sp³-hybridized carbons (Fsp3) is 0.133. The van der Waals surface area contributed by atoms with E-state index in [1.807, 2.05) is 24.3 Å². The average molecular weight is 239 g/mol. The van der Waals surface area contributed by atoms with E-state index >= 15 is 0 Å². The lowest BCUT2D eigenvalue weighted by Crippen LogP contribution is -2.16. The molecule has 0 heterocycles. The number of aryl methyl sites for hydroxylation is 1. The van der Waals surface area contributed by atoms with E-state index in [-0.39, 0.29) is 0 Å². The summed E-state index contributed by atoms with van der Waals surface area (Å²) < 4.78 is 0. The summed E-state index contributed by atoms with van der Waals surface area (Å²) in [6.45, 7) is 2.14. The number of rotatable bonds is 3. The molecule has 2 aromatic rings. The molecule has 18 heavy (non-hydrogen) atoms. The number of nitrogens with zero attached hydrogens (tertiary/aromatic N) is 1. The molecular formula is C15H17N3. The second kappa shape index (κ2) is 5.36. The Balaban J connectivity index is 2.49. The maximum Gasteiger partial charge on any atom is 0.150 e. The van der Waals surface area contributed by atoms with Gasteiger partial charge in [-0.1, -0.05) is 55.5 Å². The lowest BCUT2D eigenvalue weighted by molar-refractivity contribution is 1.14. The lowest BCUT2D eigenvalue weighted by atomic mass is 9.98. The second-order valence-electron chi connectivity index (χ2n) is 4.11. The molecule has 2 rings (SSSR count). The third kappa shape index (κ3) is 2.35. The highest BCUT2D eigenvalue weighted by molar-refractivity contribution is 6.03. The summed E-state index contributed by atoms with van der Waals surface area (Å²) in [5.74, 6) is 5.61. The van der Waals surface area contributed by atoms with Crippen LogP contribution in [0.3, 0.4) is 0 Å². The van der Waals surface area contributed by atoms with Crippen LogP contribution in [0.1, 0.15) is 18.1 Å². The first-order valence-corrected chi connectivity index (χ1v) is 5.98. The van der Waals surface area contributed by atoms with Crippen molar-refractivity contribution in [3.8, 4) is 11.1 Å². The van der Waals surface area contributed by atoms with Crippen molar-refractivity contribution in [3.05, 3.63) is 59.7 Å². The van der Waals surface area contributed by atoms with Gasteiger partial charge in [-0.15, -0.1) is 0 Å². The minimum Gasteiger partial charge on any atom is -0.382 e. The van der Waals surface area contributed by atoms with Gasteiger partial charge in [-0.2, -0.15) is 5.10 Å². The molecule has 0 spiro atoms. The monoisotopic (exact) mass is 239 g/mol. The van der Waals surface area contributed by atoms with Crippen molar-refractivity contribution in [2.75, 3.05) is 0 Å². The van der Waals surface area contributed by atoms with Crippen molar-refractivity contribution in [1.29, 1.82) is 0 Å². The van der Waals surface area contributed by atoms with E-state index in [2.05, 4.69) is 36.3 Å². The highest BCUT2D eigenvalue weighted by Gasteiger charge is 2.07. The molecule has 2 aromatic carbocycles. The van der Waals surface area contributed by atoms with Gasteiger partial charge in [0.15, 0.2) is 5.84 Å². The van der Waals surface area contributed by atoms with Gasteiger partial charge < -0.3 is 11.6 Å². The SMILES string of the molecule is CCc1ccc(-c2ccccc2/C(N)=N/N)cc1. The van der Waals surface area contributed by atoms with Crippen LogP contribution in [-0.4, -0.2) is 5.84 Å². The molecule has 0 aliphatic carbocycles. The van der Waals surface area contributed by atoms with Crippen molar-refractivity contribution in [3.63, 3.8) is 0 Å². The first kappa shape index (κ1) is 12.2. The Morgan fingerprint density at radius 1 is 1.06 bits per heavy atom. The minimum absolute atomic E-state index is 0.352. The fourth-order valence-corrected chi connectivity index (χ4v) is 1.95. The highest BCUT2D eigenvalue weighted by Crippen LogP contribution is 2.24. The summed E-state index contributed by atoms with van der Waals surface area (Å²) in [5.41, 5.74) is 10.2. The Kier molecular flexibility index (Phi) is 3.63. The topological polar surface area (TPSA) is 64.4 Å². The number of hydrogen-bond acceptors (Lipinski definition) is 2. The van der Waals surface area contributed by atoms with Crippen LogP contribution in [0.15, 0.2) is 53.6 Å². The van der Waals surface area contributed by atoms with E-state index < -0.39 is 0 Å². The van der Waals surface area contributed by atoms with Crippen molar-refractivity contribution < 1.29 is 0 Å². The Bertz CT molecular complexity index is 556. The smallest absolute Gasteiger partial charge is 0.150 e. The summed E-state index contributed by atoms with van der Waals surface area (Å²) in [6.07, 6.45) is 1.04. The molecule has 0 atom stereocenters. The van der Waals surface area contributed by atoms with Gasteiger partial charge in [-0.3, -0.25) is 0 Å². The lowest BCUT2D eigenvalue weighted by Gasteiger charge is -2.09. The largest absolute Gasteiger partial charge is 0.382 e. The summed E-state index contributed by atoms with van der Waals surface area (Å²) >= 11 is 0. The average Bonchev–Trinajstić information content (AvgIpc) is 2.46. The highest BCUT2D eigenvalue weighted by atomic mass is 15.2. The van der Waals surface area contributed by atoms with Crippen molar-refractivity contribution >= 4 is 5.84 Å². The quantitative estimate of drug-likeness (QED) is 0.374. The van der Waals surface area contributed by atoms with Gasteiger partial charge >= 0.3 is 0 Å². The fourth-order valence-electron chi connectivity index (χ4n) is 1.95. The molecule has 4 N–H and O–H groups in total. The molecule has 0 aliphatic heterocycles. The van der Waals surface area contributed by atoms with Crippen LogP contribution >= 0.6 is 0 Å². The predicted molar refractivity (Wildman–Crippen MR) is 76.2 cm³/mol. The van der Waals surface area contributed by atoms with Crippen molar-refractivity contribution in [1.82, 2.24) is 0 Å². The molecule has 92 valence electrons. The van der Waals surface area contributed by atoms with Gasteiger partial charge in [0.1, 0.15) is 0 Å². The molecule has 3 heteroatoms. The summed E-state index contributed by atoms with van der Waals surface area (Å²) in [7, 11) is 0. The molecule has 0 radical (unpaired) electrons. The second-order valence-corrected chi connectivity index (χ2v) is 4.11. The molecule has 0 amide bonds. The number of hydrogen-bond donors (Lipinski definition) is 2. The Labute approximate surface area is 107 Å². The van der Waals surface area contributed by atoms with Crippen LogP contribution in [0.4, 0.5) is 0 Å². The Morgan fingerprint density at radius 3 is 2.33 bits per heavy atom. The third-order valence-electron chi connectivity index (χ3n) is 3.02. The van der Waals surface area contributed by atoms with Gasteiger partial charge in [-0.25, -0.2) is 0 Å². The number of hydrazone groups is 1. The van der Waals surface area contributed by atoms with E-state index in [0.717, 1.165) is 23.1 Å². The first-order chi connectivity index (χ1) is 8.76. The number of amidine groups is 1. The van der Waals surface area contributed by atoms with Gasteiger partial charge in [-0.05, 0) is 23.1 Å². The minimum atomic E-state index is 0.352. The normalized spacial score (nSPS) is 11.5. The Morgan fingerprint density at radius 2 is 1.72 bits per heavy atom. The zero-order valence-electron chi connectivity index (χ0n) is 10.4. The maximum atomic E-state index is 5.81. The van der Waals surface area contributed by atoms with Gasteiger partial charge in [0, 0.05) is 5.56 Å². The molecule has 0 fully saturated rings.